The van der Waals surface area contributed by atoms with Gasteiger partial charge in [-0.2, -0.15) is 0 Å². The van der Waals surface area contributed by atoms with E-state index >= 15 is 0 Å². The highest BCUT2D eigenvalue weighted by Gasteiger charge is 2.34. The van der Waals surface area contributed by atoms with Gasteiger partial charge in [0.25, 0.3) is 11.1 Å². The first-order chi connectivity index (χ1) is 15.3. The number of carbonyl (C=O) groups excluding carboxylic acids is 3. The maximum atomic E-state index is 12.9. The third-order valence-corrected chi connectivity index (χ3v) is 6.78. The van der Waals surface area contributed by atoms with Crippen molar-refractivity contribution in [1.82, 2.24) is 14.9 Å². The number of halogens is 1. The second kappa shape index (κ2) is 10.5. The van der Waals surface area contributed by atoms with E-state index in [2.05, 4.69) is 10.0 Å². The number of nitrogens with zero attached hydrogens (tertiary/aromatic N) is 1. The Morgan fingerprint density at radius 2 is 1.72 bits per heavy atom. The van der Waals surface area contributed by atoms with Gasteiger partial charge in [-0.05, 0) is 47.7 Å². The maximum absolute atomic E-state index is 12.9. The summed E-state index contributed by atoms with van der Waals surface area (Å²) < 4.78 is 39.4. The van der Waals surface area contributed by atoms with E-state index < -0.39 is 32.9 Å². The van der Waals surface area contributed by atoms with Crippen LogP contribution in [0.15, 0.2) is 64.4 Å². The zero-order valence-electron chi connectivity index (χ0n) is 16.8. The van der Waals surface area contributed by atoms with Crippen molar-refractivity contribution < 1.29 is 27.2 Å². The van der Waals surface area contributed by atoms with Crippen molar-refractivity contribution in [3.8, 4) is 0 Å². The molecule has 0 aromatic heterocycles. The second-order valence-corrected chi connectivity index (χ2v) is 9.46. The van der Waals surface area contributed by atoms with E-state index in [0.717, 1.165) is 46.5 Å². The Hall–Kier alpha value is -3.02. The van der Waals surface area contributed by atoms with Crippen LogP contribution in [0.3, 0.4) is 0 Å². The van der Waals surface area contributed by atoms with Gasteiger partial charge in [0.1, 0.15) is 5.82 Å². The number of amides is 3. The zero-order chi connectivity index (χ0) is 23.1. The normalized spacial score (nSPS) is 15.4. The van der Waals surface area contributed by atoms with Gasteiger partial charge in [-0.15, -0.1) is 0 Å². The molecule has 3 rings (SSSR count). The van der Waals surface area contributed by atoms with Crippen molar-refractivity contribution in [2.75, 3.05) is 19.6 Å². The average Bonchev–Trinajstić information content (AvgIpc) is 3.02. The molecule has 1 aliphatic rings. The number of benzene rings is 2. The number of rotatable bonds is 9. The predicted molar refractivity (Wildman–Crippen MR) is 118 cm³/mol. The predicted octanol–water partition coefficient (Wildman–Crippen LogP) is 2.35. The molecule has 8 nitrogen and oxygen atoms in total. The molecule has 0 radical (unpaired) electrons. The van der Waals surface area contributed by atoms with Crippen LogP contribution in [0, 0.1) is 5.82 Å². The van der Waals surface area contributed by atoms with Crippen molar-refractivity contribution in [3.63, 3.8) is 0 Å². The van der Waals surface area contributed by atoms with Gasteiger partial charge < -0.3 is 5.32 Å². The van der Waals surface area contributed by atoms with Crippen LogP contribution in [-0.2, 0) is 19.6 Å². The highest BCUT2D eigenvalue weighted by molar-refractivity contribution is 8.18. The summed E-state index contributed by atoms with van der Waals surface area (Å²) in [6.07, 6.45) is 1.49. The minimum atomic E-state index is -3.86. The summed E-state index contributed by atoms with van der Waals surface area (Å²) in [5.41, 5.74) is 0.800. The van der Waals surface area contributed by atoms with Crippen molar-refractivity contribution >= 4 is 44.9 Å². The first kappa shape index (κ1) is 23.6. The van der Waals surface area contributed by atoms with Crippen LogP contribution in [0.1, 0.15) is 12.0 Å². The van der Waals surface area contributed by atoms with E-state index in [0.29, 0.717) is 4.91 Å². The highest BCUT2D eigenvalue weighted by atomic mass is 32.2. The lowest BCUT2D eigenvalue weighted by molar-refractivity contribution is -0.124. The lowest BCUT2D eigenvalue weighted by atomic mass is 10.2. The van der Waals surface area contributed by atoms with Crippen LogP contribution in [0.4, 0.5) is 9.18 Å². The molecule has 1 saturated heterocycles. The van der Waals surface area contributed by atoms with E-state index in [9.17, 15) is 27.2 Å². The van der Waals surface area contributed by atoms with Gasteiger partial charge in [-0.25, -0.2) is 17.5 Å². The summed E-state index contributed by atoms with van der Waals surface area (Å²) >= 11 is 0.837. The molecule has 1 aliphatic heterocycles. The summed E-state index contributed by atoms with van der Waals surface area (Å²) in [5.74, 6) is -1.43. The first-order valence-corrected chi connectivity index (χ1v) is 11.9. The molecule has 0 unspecified atom stereocenters. The number of hydrogen-bond donors (Lipinski definition) is 2. The number of nitrogens with one attached hydrogen (secondary N) is 2. The SMILES string of the molecule is O=C(CCNS(=O)(=O)c1ccc(F)cc1)NCCN1C(=O)S/C(=C\c2ccccc2)C1=O. The van der Waals surface area contributed by atoms with Crippen LogP contribution in [0.5, 0.6) is 0 Å². The Balaban J connectivity index is 1.42. The molecule has 1 heterocycles. The Morgan fingerprint density at radius 1 is 1.03 bits per heavy atom. The van der Waals surface area contributed by atoms with Gasteiger partial charge in [0.05, 0.1) is 9.80 Å². The monoisotopic (exact) mass is 477 g/mol. The summed E-state index contributed by atoms with van der Waals surface area (Å²) in [6.45, 7) is -0.114. The molecule has 3 amide bonds. The first-order valence-electron chi connectivity index (χ1n) is 9.58. The molecular formula is C21H20FN3O5S2. The van der Waals surface area contributed by atoms with Crippen LogP contribution in [-0.4, -0.2) is 50.0 Å². The van der Waals surface area contributed by atoms with Gasteiger partial charge in [0, 0.05) is 26.1 Å². The zero-order valence-corrected chi connectivity index (χ0v) is 18.4. The number of carbonyl (C=O) groups is 3. The van der Waals surface area contributed by atoms with Crippen LogP contribution in [0.25, 0.3) is 6.08 Å². The summed E-state index contributed by atoms with van der Waals surface area (Å²) in [6, 6.07) is 13.4. The quantitative estimate of drug-likeness (QED) is 0.536. The fraction of sp³-hybridized carbons (Fsp3) is 0.190. The summed E-state index contributed by atoms with van der Waals surface area (Å²) in [7, 11) is -3.86. The number of imide groups is 1. The Bertz CT molecular complexity index is 1140. The fourth-order valence-corrected chi connectivity index (χ4v) is 4.68. The molecule has 2 aromatic carbocycles. The van der Waals surface area contributed by atoms with Crippen LogP contribution in [0.2, 0.25) is 0 Å². The Kier molecular flexibility index (Phi) is 7.78. The van der Waals surface area contributed by atoms with Gasteiger partial charge in [-0.3, -0.25) is 19.3 Å². The number of thioether (sulfide) groups is 1. The molecule has 0 atom stereocenters. The van der Waals surface area contributed by atoms with Crippen molar-refractivity contribution in [2.45, 2.75) is 11.3 Å². The molecule has 1 fully saturated rings. The molecule has 168 valence electrons. The van der Waals surface area contributed by atoms with Crippen LogP contribution < -0.4 is 10.0 Å². The van der Waals surface area contributed by atoms with Crippen molar-refractivity contribution in [3.05, 3.63) is 70.9 Å². The highest BCUT2D eigenvalue weighted by Crippen LogP contribution is 2.31. The van der Waals surface area contributed by atoms with Gasteiger partial charge >= 0.3 is 0 Å². The van der Waals surface area contributed by atoms with E-state index in [4.69, 9.17) is 0 Å². The molecule has 0 spiro atoms. The fourth-order valence-electron chi connectivity index (χ4n) is 2.78. The summed E-state index contributed by atoms with van der Waals surface area (Å²) in [4.78, 5) is 37.8. The van der Waals surface area contributed by atoms with Crippen molar-refractivity contribution in [2.24, 2.45) is 0 Å². The maximum Gasteiger partial charge on any atom is 0.293 e. The molecule has 0 aliphatic carbocycles. The Labute approximate surface area is 188 Å². The lowest BCUT2D eigenvalue weighted by Gasteiger charge is -2.13. The van der Waals surface area contributed by atoms with Crippen molar-refractivity contribution in [1.29, 1.82) is 0 Å². The average molecular weight is 478 g/mol. The molecular weight excluding hydrogens is 457 g/mol. The smallest absolute Gasteiger partial charge is 0.293 e. The van der Waals surface area contributed by atoms with Gasteiger partial charge in [-0.1, -0.05) is 30.3 Å². The van der Waals surface area contributed by atoms with Gasteiger partial charge in [0.2, 0.25) is 15.9 Å². The second-order valence-electron chi connectivity index (χ2n) is 6.70. The lowest BCUT2D eigenvalue weighted by Crippen LogP contribution is -2.38. The molecule has 0 saturated carbocycles. The topological polar surface area (TPSA) is 113 Å². The standard InChI is InChI=1S/C21H20FN3O5S2/c22-16-6-8-17(9-7-16)32(29,30)24-11-10-19(26)23-12-13-25-20(27)18(31-21(25)28)14-15-4-2-1-3-5-15/h1-9,14,24H,10-13H2,(H,23,26)/b18-14-. The molecule has 2 aromatic rings. The van der Waals surface area contributed by atoms with Gasteiger partial charge in [0.15, 0.2) is 0 Å². The third-order valence-electron chi connectivity index (χ3n) is 4.40. The van der Waals surface area contributed by atoms with Crippen LogP contribution >= 0.6 is 11.8 Å². The third kappa shape index (κ3) is 6.25. The molecule has 32 heavy (non-hydrogen) atoms. The largest absolute Gasteiger partial charge is 0.354 e. The van der Waals surface area contributed by atoms with E-state index in [1.165, 1.54) is 0 Å². The number of hydrogen-bond acceptors (Lipinski definition) is 6. The van der Waals surface area contributed by atoms with E-state index in [1.54, 1.807) is 6.08 Å². The number of sulfonamides is 1. The molecule has 0 bridgehead atoms. The molecule has 11 heteroatoms. The van der Waals surface area contributed by atoms with E-state index in [1.807, 2.05) is 30.3 Å². The minimum Gasteiger partial charge on any atom is -0.354 e. The Morgan fingerprint density at radius 3 is 2.41 bits per heavy atom. The molecule has 2 N–H and O–H groups in total. The van der Waals surface area contributed by atoms with E-state index in [-0.39, 0.29) is 31.0 Å². The summed E-state index contributed by atoms with van der Waals surface area (Å²) in [5, 5.41) is 2.13. The minimum absolute atomic E-state index is 0.00381.